The normalized spacial score (nSPS) is 24.9. The second-order valence-corrected chi connectivity index (χ2v) is 5.60. The Morgan fingerprint density at radius 2 is 2.17 bits per heavy atom. The molecule has 0 radical (unpaired) electrons. The van der Waals surface area contributed by atoms with Crippen LogP contribution in [0.4, 0.5) is 11.6 Å². The summed E-state index contributed by atoms with van der Waals surface area (Å²) in [4.78, 5) is 10.6. The Balaban J connectivity index is 2.09. The molecule has 1 aliphatic rings. The van der Waals surface area contributed by atoms with Crippen molar-refractivity contribution in [3.05, 3.63) is 10.8 Å². The molecule has 0 aliphatic carbocycles. The van der Waals surface area contributed by atoms with Gasteiger partial charge in [0.15, 0.2) is 5.82 Å². The summed E-state index contributed by atoms with van der Waals surface area (Å²) in [5, 5.41) is 3.47. The number of nitrogens with two attached hydrogens (primary N) is 1. The number of nitrogens with one attached hydrogen (secondary N) is 2. The number of nitrogen functional groups attached to an aromatic ring is 1. The van der Waals surface area contributed by atoms with Crippen LogP contribution in [-0.4, -0.2) is 41.0 Å². The lowest BCUT2D eigenvalue weighted by molar-refractivity contribution is 0.206. The van der Waals surface area contributed by atoms with Gasteiger partial charge in [0.05, 0.1) is 0 Å². The van der Waals surface area contributed by atoms with E-state index in [0.717, 1.165) is 29.8 Å². The molecule has 0 bridgehead atoms. The highest BCUT2D eigenvalue weighted by Gasteiger charge is 2.25. The minimum absolute atomic E-state index is 0.429. The Labute approximate surface area is 115 Å². The molecule has 100 valence electrons. The molecule has 0 spiro atoms. The van der Waals surface area contributed by atoms with Crippen molar-refractivity contribution in [3.63, 3.8) is 0 Å². The average Bonchev–Trinajstić information content (AvgIpc) is 2.35. The number of halogens is 1. The quantitative estimate of drug-likeness (QED) is 0.576. The topological polar surface area (TPSA) is 79.1 Å². The van der Waals surface area contributed by atoms with Crippen molar-refractivity contribution in [2.45, 2.75) is 19.4 Å². The van der Waals surface area contributed by atoms with Gasteiger partial charge in [-0.2, -0.15) is 0 Å². The molecule has 6 nitrogen and oxygen atoms in total. The second-order valence-electron chi connectivity index (χ2n) is 4.81. The molecule has 7 heteroatoms. The fourth-order valence-corrected chi connectivity index (χ4v) is 2.75. The van der Waals surface area contributed by atoms with Gasteiger partial charge in [0.25, 0.3) is 0 Å². The third-order valence-corrected chi connectivity index (χ3v) is 4.11. The van der Waals surface area contributed by atoms with Gasteiger partial charge in [0.1, 0.15) is 16.6 Å². The lowest BCUT2D eigenvalue weighted by Gasteiger charge is -2.35. The highest BCUT2D eigenvalue weighted by Crippen LogP contribution is 2.28. The molecule has 1 saturated heterocycles. The number of hydrazine groups is 1. The first kappa shape index (κ1) is 13.5. The van der Waals surface area contributed by atoms with Crippen molar-refractivity contribution < 1.29 is 0 Å². The smallest absolute Gasteiger partial charge is 0.159 e. The molecule has 0 amide bonds. The van der Waals surface area contributed by atoms with E-state index < -0.39 is 0 Å². The third kappa shape index (κ3) is 2.90. The van der Waals surface area contributed by atoms with Crippen molar-refractivity contribution in [2.24, 2.45) is 11.8 Å². The first-order chi connectivity index (χ1) is 8.61. The molecule has 1 aromatic heterocycles. The number of nitrogens with zero attached hydrogens (tertiary/aromatic N) is 3. The molecule has 4 N–H and O–H groups in total. The fourth-order valence-electron chi connectivity index (χ4n) is 2.32. The van der Waals surface area contributed by atoms with Gasteiger partial charge in [0, 0.05) is 12.6 Å². The van der Waals surface area contributed by atoms with Crippen LogP contribution >= 0.6 is 15.9 Å². The number of aromatic nitrogens is 2. The molecular weight excluding hydrogens is 296 g/mol. The summed E-state index contributed by atoms with van der Waals surface area (Å²) in [5.74, 6) is 7.36. The minimum atomic E-state index is 0.429. The van der Waals surface area contributed by atoms with Crippen LogP contribution in [0.1, 0.15) is 13.3 Å². The highest BCUT2D eigenvalue weighted by atomic mass is 79.9. The summed E-state index contributed by atoms with van der Waals surface area (Å²) in [6.45, 7) is 4.46. The van der Waals surface area contributed by atoms with Crippen LogP contribution < -0.4 is 16.6 Å². The molecule has 2 unspecified atom stereocenters. The van der Waals surface area contributed by atoms with Crippen LogP contribution in [0.15, 0.2) is 10.8 Å². The molecule has 2 atom stereocenters. The van der Waals surface area contributed by atoms with E-state index in [9.17, 15) is 0 Å². The number of likely N-dealkylation sites (tertiary alicyclic amines) is 1. The summed E-state index contributed by atoms with van der Waals surface area (Å²) in [5.41, 5.74) is 2.54. The molecule has 1 aromatic rings. The van der Waals surface area contributed by atoms with E-state index in [4.69, 9.17) is 5.84 Å². The zero-order chi connectivity index (χ0) is 13.1. The number of anilines is 2. The third-order valence-electron chi connectivity index (χ3n) is 3.36. The van der Waals surface area contributed by atoms with Gasteiger partial charge in [0.2, 0.25) is 0 Å². The van der Waals surface area contributed by atoms with Gasteiger partial charge in [-0.25, -0.2) is 15.8 Å². The van der Waals surface area contributed by atoms with E-state index in [2.05, 4.69) is 55.5 Å². The second kappa shape index (κ2) is 5.81. The SMILES string of the molecule is CC1CN(C)CCC1Nc1ncnc(NN)c1Br. The zero-order valence-corrected chi connectivity index (χ0v) is 12.2. The lowest BCUT2D eigenvalue weighted by Crippen LogP contribution is -2.43. The molecule has 1 aliphatic heterocycles. The summed E-state index contributed by atoms with van der Waals surface area (Å²) in [7, 11) is 2.16. The van der Waals surface area contributed by atoms with E-state index in [0.29, 0.717) is 17.8 Å². The van der Waals surface area contributed by atoms with Gasteiger partial charge >= 0.3 is 0 Å². The van der Waals surface area contributed by atoms with E-state index in [-0.39, 0.29) is 0 Å². The van der Waals surface area contributed by atoms with Gasteiger partial charge in [-0.15, -0.1) is 0 Å². The molecule has 18 heavy (non-hydrogen) atoms. The van der Waals surface area contributed by atoms with Crippen molar-refractivity contribution >= 4 is 27.6 Å². The predicted octanol–water partition coefficient (Wildman–Crippen LogP) is 1.28. The predicted molar refractivity (Wildman–Crippen MR) is 76.2 cm³/mol. The van der Waals surface area contributed by atoms with Crippen molar-refractivity contribution in [1.29, 1.82) is 0 Å². The van der Waals surface area contributed by atoms with Gasteiger partial charge in [-0.3, -0.25) is 0 Å². The summed E-state index contributed by atoms with van der Waals surface area (Å²) >= 11 is 3.46. The van der Waals surface area contributed by atoms with Gasteiger partial charge < -0.3 is 15.6 Å². The fraction of sp³-hybridized carbons (Fsp3) is 0.636. The van der Waals surface area contributed by atoms with Crippen molar-refractivity contribution in [2.75, 3.05) is 30.9 Å². The Bertz CT molecular complexity index is 413. The number of rotatable bonds is 3. The first-order valence-corrected chi connectivity index (χ1v) is 6.83. The van der Waals surface area contributed by atoms with Crippen LogP contribution in [0.3, 0.4) is 0 Å². The molecule has 0 aromatic carbocycles. The maximum Gasteiger partial charge on any atom is 0.159 e. The summed E-state index contributed by atoms with van der Waals surface area (Å²) < 4.78 is 0.777. The number of piperidine rings is 1. The highest BCUT2D eigenvalue weighted by molar-refractivity contribution is 9.10. The Kier molecular flexibility index (Phi) is 4.36. The van der Waals surface area contributed by atoms with Crippen LogP contribution in [0, 0.1) is 5.92 Å². The maximum atomic E-state index is 5.39. The van der Waals surface area contributed by atoms with Crippen LogP contribution in [0.25, 0.3) is 0 Å². The zero-order valence-electron chi connectivity index (χ0n) is 10.7. The van der Waals surface area contributed by atoms with E-state index in [1.807, 2.05) is 0 Å². The van der Waals surface area contributed by atoms with E-state index >= 15 is 0 Å². The molecule has 2 rings (SSSR count). The minimum Gasteiger partial charge on any atom is -0.366 e. The van der Waals surface area contributed by atoms with Crippen molar-refractivity contribution in [1.82, 2.24) is 14.9 Å². The maximum absolute atomic E-state index is 5.39. The lowest BCUT2D eigenvalue weighted by atomic mass is 9.94. The molecular formula is C11H19BrN6. The molecule has 1 fully saturated rings. The summed E-state index contributed by atoms with van der Waals surface area (Å²) in [6, 6.07) is 0.429. The Morgan fingerprint density at radius 1 is 1.44 bits per heavy atom. The van der Waals surface area contributed by atoms with Crippen LogP contribution in [0.2, 0.25) is 0 Å². The van der Waals surface area contributed by atoms with Crippen LogP contribution in [-0.2, 0) is 0 Å². The Morgan fingerprint density at radius 3 is 2.83 bits per heavy atom. The standard InChI is InChI=1S/C11H19BrN6/c1-7-5-18(2)4-3-8(7)16-10-9(12)11(17-13)15-6-14-10/h6-8H,3-5,13H2,1-2H3,(H2,14,15,16,17). The van der Waals surface area contributed by atoms with Crippen molar-refractivity contribution in [3.8, 4) is 0 Å². The number of hydrogen-bond donors (Lipinski definition) is 3. The van der Waals surface area contributed by atoms with Gasteiger partial charge in [-0.1, -0.05) is 6.92 Å². The molecule has 0 saturated carbocycles. The number of hydrogen-bond acceptors (Lipinski definition) is 6. The van der Waals surface area contributed by atoms with Gasteiger partial charge in [-0.05, 0) is 41.9 Å². The van der Waals surface area contributed by atoms with Crippen LogP contribution in [0.5, 0.6) is 0 Å². The monoisotopic (exact) mass is 314 g/mol. The van der Waals surface area contributed by atoms with E-state index in [1.165, 1.54) is 6.33 Å². The first-order valence-electron chi connectivity index (χ1n) is 6.04. The summed E-state index contributed by atoms with van der Waals surface area (Å²) in [6.07, 6.45) is 2.61. The Hall–Kier alpha value is -0.920. The van der Waals surface area contributed by atoms with E-state index in [1.54, 1.807) is 0 Å². The largest absolute Gasteiger partial charge is 0.366 e. The molecule has 2 heterocycles. The average molecular weight is 315 g/mol.